The van der Waals surface area contributed by atoms with Crippen LogP contribution in [-0.4, -0.2) is 28.5 Å². The lowest BCUT2D eigenvalue weighted by atomic mass is 9.66. The highest BCUT2D eigenvalue weighted by molar-refractivity contribution is 5.77. The zero-order chi connectivity index (χ0) is 19.6. The molecule has 0 spiro atoms. The zero-order valence-electron chi connectivity index (χ0n) is 16.8. The van der Waals surface area contributed by atoms with E-state index in [1.807, 2.05) is 48.5 Å². The summed E-state index contributed by atoms with van der Waals surface area (Å²) in [7, 11) is 0. The molecule has 4 unspecified atom stereocenters. The molecule has 3 heteroatoms. The summed E-state index contributed by atoms with van der Waals surface area (Å²) in [6, 6.07) is 20.5. The Balaban J connectivity index is 1.53. The van der Waals surface area contributed by atoms with Crippen LogP contribution in [0.2, 0.25) is 0 Å². The molecule has 1 amide bonds. The standard InChI is InChI=1S/C25H31NO2/c1-19(20-10-4-2-5-11-20)18-24(27)26-17-16-25(28,21-12-6-3-7-13-21)22-14-8-9-15-23(22)26/h2-7,10-13,19,22-23,28H,8-9,14-18H2,1H3. The van der Waals surface area contributed by atoms with Gasteiger partial charge < -0.3 is 10.0 Å². The largest absolute Gasteiger partial charge is 0.385 e. The van der Waals surface area contributed by atoms with Crippen LogP contribution in [0, 0.1) is 5.92 Å². The molecule has 4 atom stereocenters. The van der Waals surface area contributed by atoms with Crippen molar-refractivity contribution in [3.8, 4) is 0 Å². The highest BCUT2D eigenvalue weighted by atomic mass is 16.3. The fourth-order valence-corrected chi connectivity index (χ4v) is 5.36. The maximum absolute atomic E-state index is 13.2. The summed E-state index contributed by atoms with van der Waals surface area (Å²) in [5, 5.41) is 11.7. The van der Waals surface area contributed by atoms with Gasteiger partial charge in [0.1, 0.15) is 0 Å². The molecule has 0 radical (unpaired) electrons. The van der Waals surface area contributed by atoms with Crippen molar-refractivity contribution in [2.24, 2.45) is 5.92 Å². The average molecular weight is 378 g/mol. The van der Waals surface area contributed by atoms with Gasteiger partial charge in [0.2, 0.25) is 5.91 Å². The summed E-state index contributed by atoms with van der Waals surface area (Å²) in [4.78, 5) is 15.3. The van der Waals surface area contributed by atoms with Gasteiger partial charge in [0.25, 0.3) is 0 Å². The van der Waals surface area contributed by atoms with Crippen LogP contribution in [0.25, 0.3) is 0 Å². The van der Waals surface area contributed by atoms with Crippen molar-refractivity contribution in [2.75, 3.05) is 6.54 Å². The third-order valence-electron chi connectivity index (χ3n) is 6.92. The van der Waals surface area contributed by atoms with Gasteiger partial charge in [0.05, 0.1) is 5.60 Å². The molecular weight excluding hydrogens is 346 g/mol. The first-order chi connectivity index (χ1) is 13.6. The lowest BCUT2D eigenvalue weighted by Crippen LogP contribution is -2.59. The van der Waals surface area contributed by atoms with E-state index in [1.54, 1.807) is 0 Å². The molecule has 2 aliphatic rings. The Morgan fingerprint density at radius 1 is 1.07 bits per heavy atom. The van der Waals surface area contributed by atoms with E-state index in [0.29, 0.717) is 19.4 Å². The molecule has 1 aliphatic carbocycles. The molecule has 2 fully saturated rings. The van der Waals surface area contributed by atoms with Crippen LogP contribution in [0.1, 0.15) is 62.5 Å². The first-order valence-corrected chi connectivity index (χ1v) is 10.7. The van der Waals surface area contributed by atoms with Crippen molar-refractivity contribution in [2.45, 2.75) is 63.0 Å². The summed E-state index contributed by atoms with van der Waals surface area (Å²) >= 11 is 0. The molecule has 1 heterocycles. The van der Waals surface area contributed by atoms with Crippen LogP contribution < -0.4 is 0 Å². The number of likely N-dealkylation sites (tertiary alicyclic amines) is 1. The van der Waals surface area contributed by atoms with Gasteiger partial charge in [-0.3, -0.25) is 4.79 Å². The van der Waals surface area contributed by atoms with E-state index in [2.05, 4.69) is 24.0 Å². The minimum absolute atomic E-state index is 0.133. The van der Waals surface area contributed by atoms with Crippen LogP contribution in [0.3, 0.4) is 0 Å². The predicted molar refractivity (Wildman–Crippen MR) is 112 cm³/mol. The van der Waals surface area contributed by atoms with Crippen molar-refractivity contribution >= 4 is 5.91 Å². The highest BCUT2D eigenvalue weighted by Gasteiger charge is 2.50. The molecule has 3 nitrogen and oxygen atoms in total. The molecule has 28 heavy (non-hydrogen) atoms. The Morgan fingerprint density at radius 3 is 2.43 bits per heavy atom. The number of rotatable bonds is 4. The lowest BCUT2D eigenvalue weighted by molar-refractivity contribution is -0.155. The average Bonchev–Trinajstić information content (AvgIpc) is 2.75. The van der Waals surface area contributed by atoms with Crippen LogP contribution in [0.15, 0.2) is 60.7 Å². The molecule has 148 valence electrons. The fraction of sp³-hybridized carbons (Fsp3) is 0.480. The first-order valence-electron chi connectivity index (χ1n) is 10.7. The van der Waals surface area contributed by atoms with E-state index in [-0.39, 0.29) is 23.8 Å². The van der Waals surface area contributed by atoms with Crippen molar-refractivity contribution in [3.63, 3.8) is 0 Å². The van der Waals surface area contributed by atoms with Gasteiger partial charge in [0.15, 0.2) is 0 Å². The van der Waals surface area contributed by atoms with E-state index in [0.717, 1.165) is 31.2 Å². The van der Waals surface area contributed by atoms with Gasteiger partial charge in [-0.2, -0.15) is 0 Å². The van der Waals surface area contributed by atoms with Crippen LogP contribution >= 0.6 is 0 Å². The number of hydrogen-bond acceptors (Lipinski definition) is 2. The SMILES string of the molecule is CC(CC(=O)N1CCC(O)(c2ccccc2)C2CCCCC21)c1ccccc1. The van der Waals surface area contributed by atoms with Crippen molar-refractivity contribution in [1.82, 2.24) is 4.90 Å². The third-order valence-corrected chi connectivity index (χ3v) is 6.92. The van der Waals surface area contributed by atoms with Gasteiger partial charge in [-0.1, -0.05) is 80.4 Å². The summed E-state index contributed by atoms with van der Waals surface area (Å²) in [5.41, 5.74) is 1.42. The molecular formula is C25H31NO2. The molecule has 2 aromatic rings. The van der Waals surface area contributed by atoms with Crippen LogP contribution in [0.4, 0.5) is 0 Å². The zero-order valence-corrected chi connectivity index (χ0v) is 16.8. The quantitative estimate of drug-likeness (QED) is 0.827. The number of carbonyl (C=O) groups is 1. The summed E-state index contributed by atoms with van der Waals surface area (Å²) in [5.74, 6) is 0.586. The minimum Gasteiger partial charge on any atom is -0.385 e. The maximum Gasteiger partial charge on any atom is 0.223 e. The van der Waals surface area contributed by atoms with Crippen molar-refractivity contribution in [3.05, 3.63) is 71.8 Å². The second-order valence-corrected chi connectivity index (χ2v) is 8.60. The van der Waals surface area contributed by atoms with Crippen LogP contribution in [-0.2, 0) is 10.4 Å². The summed E-state index contributed by atoms with van der Waals surface area (Å²) in [6.07, 6.45) is 5.45. The van der Waals surface area contributed by atoms with E-state index in [4.69, 9.17) is 0 Å². The van der Waals surface area contributed by atoms with Gasteiger partial charge in [-0.05, 0) is 36.3 Å². The number of benzene rings is 2. The Bertz CT molecular complexity index is 791. The third kappa shape index (κ3) is 3.60. The van der Waals surface area contributed by atoms with Crippen molar-refractivity contribution in [1.29, 1.82) is 0 Å². The smallest absolute Gasteiger partial charge is 0.223 e. The fourth-order valence-electron chi connectivity index (χ4n) is 5.36. The number of carbonyl (C=O) groups excluding carboxylic acids is 1. The summed E-state index contributed by atoms with van der Waals surface area (Å²) in [6.45, 7) is 2.78. The molecule has 2 aromatic carbocycles. The van der Waals surface area contributed by atoms with E-state index in [1.165, 1.54) is 5.56 Å². The monoisotopic (exact) mass is 377 g/mol. The van der Waals surface area contributed by atoms with E-state index in [9.17, 15) is 9.90 Å². The Kier molecular flexibility index (Phi) is 5.54. The number of aliphatic hydroxyl groups is 1. The number of fused-ring (bicyclic) bond motifs is 1. The van der Waals surface area contributed by atoms with E-state index >= 15 is 0 Å². The van der Waals surface area contributed by atoms with Gasteiger partial charge in [-0.15, -0.1) is 0 Å². The summed E-state index contributed by atoms with van der Waals surface area (Å²) < 4.78 is 0. The molecule has 1 saturated carbocycles. The van der Waals surface area contributed by atoms with Crippen molar-refractivity contribution < 1.29 is 9.90 Å². The Hall–Kier alpha value is -2.13. The first kappa shape index (κ1) is 19.2. The van der Waals surface area contributed by atoms with E-state index < -0.39 is 5.60 Å². The normalized spacial score (nSPS) is 28.4. The van der Waals surface area contributed by atoms with Gasteiger partial charge in [-0.25, -0.2) is 0 Å². The maximum atomic E-state index is 13.2. The number of piperidine rings is 1. The molecule has 4 rings (SSSR count). The van der Waals surface area contributed by atoms with Gasteiger partial charge in [0, 0.05) is 24.9 Å². The second-order valence-electron chi connectivity index (χ2n) is 8.60. The minimum atomic E-state index is -0.811. The van der Waals surface area contributed by atoms with Crippen LogP contribution in [0.5, 0.6) is 0 Å². The topological polar surface area (TPSA) is 40.5 Å². The molecule has 1 saturated heterocycles. The number of nitrogens with zero attached hydrogens (tertiary/aromatic N) is 1. The predicted octanol–water partition coefficient (Wildman–Crippen LogP) is 4.86. The second kappa shape index (κ2) is 8.08. The molecule has 1 aliphatic heterocycles. The number of amides is 1. The molecule has 0 bridgehead atoms. The van der Waals surface area contributed by atoms with Gasteiger partial charge >= 0.3 is 0 Å². The molecule has 0 aromatic heterocycles. The Labute approximate surface area is 168 Å². The highest BCUT2D eigenvalue weighted by Crippen LogP contribution is 2.47. The Morgan fingerprint density at radius 2 is 1.71 bits per heavy atom. The lowest BCUT2D eigenvalue weighted by Gasteiger charge is -2.52. The number of hydrogen-bond donors (Lipinski definition) is 1. The molecule has 1 N–H and O–H groups in total.